The molecule has 0 unspecified atom stereocenters. The number of alkyl halides is 1. The van der Waals surface area contributed by atoms with E-state index in [0.717, 1.165) is 6.61 Å². The maximum atomic E-state index is 10.9. The predicted molar refractivity (Wildman–Crippen MR) is 54.0 cm³/mol. The maximum absolute atomic E-state index is 10.9. The van der Waals surface area contributed by atoms with Crippen molar-refractivity contribution < 1.29 is 9.53 Å². The molecule has 4 heteroatoms. The Bertz CT molecular complexity index is 140. The highest BCUT2D eigenvalue weighted by Crippen LogP contribution is 1.91. The molecule has 0 aromatic heterocycles. The first kappa shape index (κ1) is 12.7. The lowest BCUT2D eigenvalue weighted by Crippen LogP contribution is -2.27. The summed E-state index contributed by atoms with van der Waals surface area (Å²) in [6.45, 7) is 6.07. The SMILES string of the molecule is CC(C)COCCNC(=O)CCCl. The van der Waals surface area contributed by atoms with Crippen LogP contribution in [0.5, 0.6) is 0 Å². The highest BCUT2D eigenvalue weighted by atomic mass is 35.5. The molecule has 0 spiro atoms. The van der Waals surface area contributed by atoms with Gasteiger partial charge in [-0.25, -0.2) is 0 Å². The van der Waals surface area contributed by atoms with Crippen molar-refractivity contribution in [1.82, 2.24) is 5.32 Å². The van der Waals surface area contributed by atoms with Crippen molar-refractivity contribution in [2.75, 3.05) is 25.6 Å². The molecular weight excluding hydrogens is 190 g/mol. The molecule has 78 valence electrons. The van der Waals surface area contributed by atoms with E-state index in [2.05, 4.69) is 19.2 Å². The van der Waals surface area contributed by atoms with Crippen molar-refractivity contribution in [2.45, 2.75) is 20.3 Å². The number of halogens is 1. The van der Waals surface area contributed by atoms with Crippen molar-refractivity contribution in [1.29, 1.82) is 0 Å². The normalized spacial score (nSPS) is 10.5. The molecule has 0 aromatic rings. The second-order valence-corrected chi connectivity index (χ2v) is 3.64. The van der Waals surface area contributed by atoms with Gasteiger partial charge < -0.3 is 10.1 Å². The third-order valence-corrected chi connectivity index (χ3v) is 1.53. The Morgan fingerprint density at radius 2 is 2.23 bits per heavy atom. The number of hydrogen-bond acceptors (Lipinski definition) is 2. The minimum atomic E-state index is -0.0110. The van der Waals surface area contributed by atoms with Crippen LogP contribution in [-0.4, -0.2) is 31.5 Å². The smallest absolute Gasteiger partial charge is 0.221 e. The molecule has 13 heavy (non-hydrogen) atoms. The van der Waals surface area contributed by atoms with Crippen molar-refractivity contribution in [3.05, 3.63) is 0 Å². The molecule has 1 N–H and O–H groups in total. The predicted octanol–water partition coefficient (Wildman–Crippen LogP) is 1.40. The van der Waals surface area contributed by atoms with Crippen LogP contribution >= 0.6 is 11.6 Å². The number of nitrogens with one attached hydrogen (secondary N) is 1. The minimum absolute atomic E-state index is 0.0110. The number of amides is 1. The van der Waals surface area contributed by atoms with E-state index >= 15 is 0 Å². The van der Waals surface area contributed by atoms with Gasteiger partial charge in [0.15, 0.2) is 0 Å². The quantitative estimate of drug-likeness (QED) is 0.507. The Morgan fingerprint density at radius 1 is 1.54 bits per heavy atom. The Morgan fingerprint density at radius 3 is 2.77 bits per heavy atom. The van der Waals surface area contributed by atoms with Gasteiger partial charge >= 0.3 is 0 Å². The van der Waals surface area contributed by atoms with E-state index in [1.165, 1.54) is 0 Å². The number of hydrogen-bond donors (Lipinski definition) is 1. The Kier molecular flexibility index (Phi) is 8.14. The molecule has 0 heterocycles. The number of carbonyl (C=O) groups excluding carboxylic acids is 1. The summed E-state index contributed by atoms with van der Waals surface area (Å²) in [7, 11) is 0. The summed E-state index contributed by atoms with van der Waals surface area (Å²) in [6, 6.07) is 0. The topological polar surface area (TPSA) is 38.3 Å². The summed E-state index contributed by atoms with van der Waals surface area (Å²) in [5, 5.41) is 2.71. The van der Waals surface area contributed by atoms with Gasteiger partial charge in [-0.2, -0.15) is 0 Å². The zero-order valence-corrected chi connectivity index (χ0v) is 9.06. The van der Waals surface area contributed by atoms with Gasteiger partial charge in [-0.3, -0.25) is 4.79 Å². The van der Waals surface area contributed by atoms with Gasteiger partial charge in [-0.1, -0.05) is 13.8 Å². The minimum Gasteiger partial charge on any atom is -0.379 e. The molecule has 0 aliphatic rings. The molecule has 3 nitrogen and oxygen atoms in total. The van der Waals surface area contributed by atoms with Gasteiger partial charge in [0, 0.05) is 25.5 Å². The average Bonchev–Trinajstić information content (AvgIpc) is 2.03. The standard InChI is InChI=1S/C9H18ClNO2/c1-8(2)7-13-6-5-11-9(12)3-4-10/h8H,3-7H2,1-2H3,(H,11,12). The van der Waals surface area contributed by atoms with Crippen molar-refractivity contribution >= 4 is 17.5 Å². The summed E-state index contributed by atoms with van der Waals surface area (Å²) < 4.78 is 5.28. The third-order valence-electron chi connectivity index (χ3n) is 1.34. The summed E-state index contributed by atoms with van der Waals surface area (Å²) in [6.07, 6.45) is 0.381. The highest BCUT2D eigenvalue weighted by Gasteiger charge is 1.98. The van der Waals surface area contributed by atoms with Crippen LogP contribution in [-0.2, 0) is 9.53 Å². The second kappa shape index (κ2) is 8.32. The molecular formula is C9H18ClNO2. The first-order chi connectivity index (χ1) is 6.16. The fourth-order valence-electron chi connectivity index (χ4n) is 0.756. The molecule has 0 rings (SSSR count). The maximum Gasteiger partial charge on any atom is 0.221 e. The zero-order valence-electron chi connectivity index (χ0n) is 8.31. The summed E-state index contributed by atoms with van der Waals surface area (Å²) in [5.41, 5.74) is 0. The fourth-order valence-corrected chi connectivity index (χ4v) is 0.928. The van der Waals surface area contributed by atoms with Gasteiger partial charge in [-0.15, -0.1) is 11.6 Å². The monoisotopic (exact) mass is 207 g/mol. The molecule has 0 atom stereocenters. The van der Waals surface area contributed by atoms with Crippen LogP contribution in [0.2, 0.25) is 0 Å². The molecule has 0 aliphatic heterocycles. The molecule has 0 fully saturated rings. The van der Waals surface area contributed by atoms with Gasteiger partial charge in [0.2, 0.25) is 5.91 Å². The number of carbonyl (C=O) groups is 1. The zero-order chi connectivity index (χ0) is 10.1. The van der Waals surface area contributed by atoms with E-state index < -0.39 is 0 Å². The Balaban J connectivity index is 3.11. The van der Waals surface area contributed by atoms with Crippen LogP contribution in [0.3, 0.4) is 0 Å². The van der Waals surface area contributed by atoms with Gasteiger partial charge in [0.1, 0.15) is 0 Å². The lowest BCUT2D eigenvalue weighted by atomic mass is 10.2. The van der Waals surface area contributed by atoms with E-state index in [9.17, 15) is 4.79 Å². The van der Waals surface area contributed by atoms with Crippen molar-refractivity contribution in [3.8, 4) is 0 Å². The molecule has 1 amide bonds. The summed E-state index contributed by atoms with van der Waals surface area (Å²) >= 11 is 5.39. The first-order valence-corrected chi connectivity index (χ1v) is 5.10. The van der Waals surface area contributed by atoms with Gasteiger partial charge in [-0.05, 0) is 5.92 Å². The van der Waals surface area contributed by atoms with Gasteiger partial charge in [0.25, 0.3) is 0 Å². The van der Waals surface area contributed by atoms with Crippen molar-refractivity contribution in [3.63, 3.8) is 0 Å². The Labute approximate surface area is 84.8 Å². The molecule has 0 aliphatic carbocycles. The molecule has 0 aromatic carbocycles. The molecule has 0 saturated heterocycles. The lowest BCUT2D eigenvalue weighted by molar-refractivity contribution is -0.120. The number of rotatable bonds is 7. The second-order valence-electron chi connectivity index (χ2n) is 3.26. The van der Waals surface area contributed by atoms with Crippen molar-refractivity contribution in [2.24, 2.45) is 5.92 Å². The Hall–Kier alpha value is -0.280. The molecule has 0 radical (unpaired) electrons. The average molecular weight is 208 g/mol. The third kappa shape index (κ3) is 9.64. The van der Waals surface area contributed by atoms with E-state index in [0.29, 0.717) is 31.4 Å². The number of ether oxygens (including phenoxy) is 1. The van der Waals surface area contributed by atoms with Crippen LogP contribution in [0.15, 0.2) is 0 Å². The van der Waals surface area contributed by atoms with Gasteiger partial charge in [0.05, 0.1) is 6.61 Å². The molecule has 0 saturated carbocycles. The largest absolute Gasteiger partial charge is 0.379 e. The van der Waals surface area contributed by atoms with Crippen LogP contribution in [0.25, 0.3) is 0 Å². The fraction of sp³-hybridized carbons (Fsp3) is 0.889. The van der Waals surface area contributed by atoms with Crippen LogP contribution in [0.4, 0.5) is 0 Å². The van der Waals surface area contributed by atoms with Crippen LogP contribution in [0.1, 0.15) is 20.3 Å². The highest BCUT2D eigenvalue weighted by molar-refractivity contribution is 6.18. The van der Waals surface area contributed by atoms with E-state index in [1.807, 2.05) is 0 Å². The molecule has 0 bridgehead atoms. The summed E-state index contributed by atoms with van der Waals surface area (Å²) in [4.78, 5) is 10.9. The van der Waals surface area contributed by atoms with Crippen LogP contribution in [0, 0.1) is 5.92 Å². The first-order valence-electron chi connectivity index (χ1n) is 4.57. The lowest BCUT2D eigenvalue weighted by Gasteiger charge is -2.07. The van der Waals surface area contributed by atoms with E-state index in [1.54, 1.807) is 0 Å². The summed E-state index contributed by atoms with van der Waals surface area (Å²) in [5.74, 6) is 0.903. The van der Waals surface area contributed by atoms with E-state index in [-0.39, 0.29) is 5.91 Å². The van der Waals surface area contributed by atoms with Crippen LogP contribution < -0.4 is 5.32 Å². The van der Waals surface area contributed by atoms with E-state index in [4.69, 9.17) is 16.3 Å².